The van der Waals surface area contributed by atoms with Crippen LogP contribution in [0.2, 0.25) is 0 Å². The number of nitrogens with zero attached hydrogens (tertiary/aromatic N) is 5. The van der Waals surface area contributed by atoms with Crippen molar-refractivity contribution in [2.75, 3.05) is 65.6 Å². The summed E-state index contributed by atoms with van der Waals surface area (Å²) < 4.78 is 7.41. The number of morpholine rings is 1. The fourth-order valence-corrected chi connectivity index (χ4v) is 3.94. The molecule has 6 nitrogen and oxygen atoms in total. The molecule has 0 amide bonds. The van der Waals surface area contributed by atoms with E-state index in [1.807, 2.05) is 23.1 Å². The van der Waals surface area contributed by atoms with Crippen LogP contribution in [0.4, 0.5) is 0 Å². The second-order valence-electron chi connectivity index (χ2n) is 7.60. The third-order valence-corrected chi connectivity index (χ3v) is 5.60. The van der Waals surface area contributed by atoms with Crippen LogP contribution in [-0.4, -0.2) is 90.1 Å². The van der Waals surface area contributed by atoms with Crippen molar-refractivity contribution in [3.63, 3.8) is 0 Å². The van der Waals surface area contributed by atoms with Gasteiger partial charge in [0.1, 0.15) is 0 Å². The van der Waals surface area contributed by atoms with E-state index in [1.54, 1.807) is 0 Å². The van der Waals surface area contributed by atoms with Crippen LogP contribution in [0.25, 0.3) is 0 Å². The van der Waals surface area contributed by atoms with Crippen LogP contribution in [0.3, 0.4) is 0 Å². The number of aromatic nitrogens is 2. The molecule has 0 atom stereocenters. The van der Waals surface area contributed by atoms with Crippen LogP contribution in [-0.2, 0) is 17.8 Å². The molecule has 0 aliphatic carbocycles. The predicted octanol–water partition coefficient (Wildman–Crippen LogP) is 1.38. The lowest BCUT2D eigenvalue weighted by atomic mass is 10.1. The molecule has 2 aliphatic rings. The summed E-state index contributed by atoms with van der Waals surface area (Å²) in [4.78, 5) is 7.72. The second kappa shape index (κ2) is 9.46. The molecule has 146 valence electrons. The van der Waals surface area contributed by atoms with Gasteiger partial charge in [-0.1, -0.05) is 24.3 Å². The van der Waals surface area contributed by atoms with E-state index in [-0.39, 0.29) is 0 Å². The highest BCUT2D eigenvalue weighted by atomic mass is 16.5. The van der Waals surface area contributed by atoms with Crippen molar-refractivity contribution in [3.05, 3.63) is 53.9 Å². The summed E-state index contributed by atoms with van der Waals surface area (Å²) in [6.45, 7) is 12.9. The van der Waals surface area contributed by atoms with Gasteiger partial charge in [0.2, 0.25) is 0 Å². The lowest BCUT2D eigenvalue weighted by Gasteiger charge is -2.36. The summed E-state index contributed by atoms with van der Waals surface area (Å²) in [7, 11) is 0. The summed E-state index contributed by atoms with van der Waals surface area (Å²) >= 11 is 0. The van der Waals surface area contributed by atoms with Crippen molar-refractivity contribution in [2.45, 2.75) is 13.1 Å². The van der Waals surface area contributed by atoms with Crippen molar-refractivity contribution >= 4 is 0 Å². The monoisotopic (exact) mass is 369 g/mol. The zero-order valence-electron chi connectivity index (χ0n) is 16.2. The van der Waals surface area contributed by atoms with Crippen molar-refractivity contribution < 1.29 is 4.74 Å². The molecule has 2 aromatic rings. The molecule has 4 rings (SSSR count). The van der Waals surface area contributed by atoms with E-state index in [0.717, 1.165) is 52.5 Å². The molecule has 27 heavy (non-hydrogen) atoms. The molecule has 0 unspecified atom stereocenters. The summed E-state index contributed by atoms with van der Waals surface area (Å²) in [5, 5.41) is 4.31. The summed E-state index contributed by atoms with van der Waals surface area (Å²) in [5.41, 5.74) is 2.72. The maximum atomic E-state index is 5.43. The second-order valence-corrected chi connectivity index (χ2v) is 7.60. The largest absolute Gasteiger partial charge is 0.379 e. The molecular weight excluding hydrogens is 338 g/mol. The minimum atomic E-state index is 0.843. The fourth-order valence-electron chi connectivity index (χ4n) is 3.94. The molecule has 2 fully saturated rings. The number of hydrogen-bond acceptors (Lipinski definition) is 5. The zero-order valence-corrected chi connectivity index (χ0v) is 16.2. The lowest BCUT2D eigenvalue weighted by molar-refractivity contribution is 0.0297. The quantitative estimate of drug-likeness (QED) is 0.737. The fraction of sp³-hybridized carbons (Fsp3) is 0.571. The van der Waals surface area contributed by atoms with E-state index < -0.39 is 0 Å². The summed E-state index contributed by atoms with van der Waals surface area (Å²) in [6, 6.07) is 10.9. The van der Waals surface area contributed by atoms with Gasteiger partial charge in [-0.05, 0) is 17.2 Å². The van der Waals surface area contributed by atoms with Gasteiger partial charge in [-0.3, -0.25) is 19.4 Å². The average Bonchev–Trinajstić information content (AvgIpc) is 3.22. The molecule has 1 aromatic heterocycles. The molecule has 2 aliphatic heterocycles. The first-order valence-corrected chi connectivity index (χ1v) is 10.2. The van der Waals surface area contributed by atoms with Crippen LogP contribution in [0, 0.1) is 0 Å². The molecule has 6 heteroatoms. The third-order valence-electron chi connectivity index (χ3n) is 5.60. The van der Waals surface area contributed by atoms with Gasteiger partial charge < -0.3 is 4.74 Å². The zero-order chi connectivity index (χ0) is 18.3. The first-order chi connectivity index (χ1) is 13.3. The Morgan fingerprint density at radius 3 is 2.15 bits per heavy atom. The molecule has 0 saturated carbocycles. The normalized spacial score (nSPS) is 20.1. The van der Waals surface area contributed by atoms with Crippen LogP contribution in [0.5, 0.6) is 0 Å². The van der Waals surface area contributed by atoms with Crippen molar-refractivity contribution in [1.82, 2.24) is 24.5 Å². The average molecular weight is 370 g/mol. The predicted molar refractivity (Wildman–Crippen MR) is 107 cm³/mol. The van der Waals surface area contributed by atoms with Crippen LogP contribution in [0.1, 0.15) is 11.1 Å². The Bertz CT molecular complexity index is 676. The van der Waals surface area contributed by atoms with Crippen LogP contribution >= 0.6 is 0 Å². The van der Waals surface area contributed by atoms with E-state index in [4.69, 9.17) is 4.74 Å². The molecule has 1 aromatic carbocycles. The van der Waals surface area contributed by atoms with E-state index in [0.29, 0.717) is 0 Å². The van der Waals surface area contributed by atoms with E-state index >= 15 is 0 Å². The first kappa shape index (κ1) is 18.6. The Balaban J connectivity index is 1.21. The van der Waals surface area contributed by atoms with Gasteiger partial charge in [0.05, 0.1) is 19.8 Å². The number of rotatable bonds is 7. The number of piperazine rings is 1. The Morgan fingerprint density at radius 1 is 0.778 bits per heavy atom. The SMILES string of the molecule is c1cc(CN2CCN(CCN3CCOCC3)CC2)cc(Cn2cccn2)c1. The van der Waals surface area contributed by atoms with Gasteiger partial charge in [0.25, 0.3) is 0 Å². The Labute approximate surface area is 162 Å². The third kappa shape index (κ3) is 5.62. The molecule has 3 heterocycles. The minimum Gasteiger partial charge on any atom is -0.379 e. The first-order valence-electron chi connectivity index (χ1n) is 10.2. The highest BCUT2D eigenvalue weighted by Gasteiger charge is 2.18. The van der Waals surface area contributed by atoms with Crippen molar-refractivity contribution in [3.8, 4) is 0 Å². The highest BCUT2D eigenvalue weighted by molar-refractivity contribution is 5.23. The van der Waals surface area contributed by atoms with E-state index in [9.17, 15) is 0 Å². The van der Waals surface area contributed by atoms with Gasteiger partial charge in [-0.25, -0.2) is 0 Å². The number of hydrogen-bond donors (Lipinski definition) is 0. The maximum Gasteiger partial charge on any atom is 0.0659 e. The Hall–Kier alpha value is -1.73. The smallest absolute Gasteiger partial charge is 0.0659 e. The van der Waals surface area contributed by atoms with Crippen LogP contribution in [0.15, 0.2) is 42.7 Å². The number of ether oxygens (including phenoxy) is 1. The van der Waals surface area contributed by atoms with E-state index in [2.05, 4.69) is 44.1 Å². The van der Waals surface area contributed by atoms with Gasteiger partial charge in [0.15, 0.2) is 0 Å². The molecule has 0 N–H and O–H groups in total. The van der Waals surface area contributed by atoms with Gasteiger partial charge in [-0.2, -0.15) is 5.10 Å². The van der Waals surface area contributed by atoms with Crippen LogP contribution < -0.4 is 0 Å². The summed E-state index contributed by atoms with van der Waals surface area (Å²) in [5.74, 6) is 0. The standard InChI is InChI=1S/C21H31N5O/c1-3-20(17-21(4-1)19-26-6-2-5-22-26)18-25-11-9-23(10-12-25)7-8-24-13-15-27-16-14-24/h1-6,17H,7-16,18-19H2. The molecular formula is C21H31N5O. The molecule has 0 radical (unpaired) electrons. The van der Waals surface area contributed by atoms with Gasteiger partial charge >= 0.3 is 0 Å². The van der Waals surface area contributed by atoms with Crippen molar-refractivity contribution in [1.29, 1.82) is 0 Å². The molecule has 0 spiro atoms. The maximum absolute atomic E-state index is 5.43. The van der Waals surface area contributed by atoms with Gasteiger partial charge in [0, 0.05) is 71.3 Å². The molecule has 0 bridgehead atoms. The Kier molecular flexibility index (Phi) is 6.53. The minimum absolute atomic E-state index is 0.843. The van der Waals surface area contributed by atoms with E-state index in [1.165, 1.54) is 37.3 Å². The highest BCUT2D eigenvalue weighted by Crippen LogP contribution is 2.12. The summed E-state index contributed by atoms with van der Waals surface area (Å²) in [6.07, 6.45) is 3.85. The molecule has 2 saturated heterocycles. The lowest BCUT2D eigenvalue weighted by Crippen LogP contribution is -2.49. The number of benzene rings is 1. The van der Waals surface area contributed by atoms with Gasteiger partial charge in [-0.15, -0.1) is 0 Å². The van der Waals surface area contributed by atoms with Crippen molar-refractivity contribution in [2.24, 2.45) is 0 Å². The topological polar surface area (TPSA) is 36.8 Å². The Morgan fingerprint density at radius 2 is 1.44 bits per heavy atom.